The average molecular weight is 293 g/mol. The van der Waals surface area contributed by atoms with Gasteiger partial charge in [-0.1, -0.05) is 25.4 Å². The van der Waals surface area contributed by atoms with Crippen LogP contribution in [0.4, 0.5) is 5.69 Å². The monoisotopic (exact) mass is 292 g/mol. The molecule has 0 unspecified atom stereocenters. The zero-order valence-corrected chi connectivity index (χ0v) is 11.7. The van der Waals surface area contributed by atoms with Crippen LogP contribution in [0.25, 0.3) is 0 Å². The molecule has 1 aliphatic rings. The van der Waals surface area contributed by atoms with Crippen molar-refractivity contribution >= 4 is 29.2 Å². The van der Waals surface area contributed by atoms with Crippen LogP contribution in [0.5, 0.6) is 0 Å². The Kier molecular flexibility index (Phi) is 3.45. The van der Waals surface area contributed by atoms with Crippen LogP contribution in [-0.4, -0.2) is 17.0 Å². The maximum absolute atomic E-state index is 12.1. The van der Waals surface area contributed by atoms with Crippen LogP contribution in [-0.2, 0) is 9.59 Å². The zero-order chi connectivity index (χ0) is 15.1. The molecule has 0 saturated heterocycles. The van der Waals surface area contributed by atoms with Gasteiger partial charge < -0.3 is 10.4 Å². The van der Waals surface area contributed by atoms with Crippen molar-refractivity contribution in [1.29, 1.82) is 5.26 Å². The maximum atomic E-state index is 12.1. The molecule has 104 valence electrons. The van der Waals surface area contributed by atoms with Crippen molar-refractivity contribution < 1.29 is 14.7 Å². The van der Waals surface area contributed by atoms with E-state index in [1.165, 1.54) is 12.1 Å². The van der Waals surface area contributed by atoms with Gasteiger partial charge in [0.25, 0.3) is 0 Å². The van der Waals surface area contributed by atoms with Gasteiger partial charge in [-0.15, -0.1) is 0 Å². The standard InChI is InChI=1S/C14H13ClN2O3/c1-14(2)10(11(14)13(19)20)12(18)17-8-3-4-9(15)7(5-8)6-16/h3-5,10-11H,1-2H3,(H,17,18)(H,19,20)/t10-,11+/m1/s1. The smallest absolute Gasteiger partial charge is 0.307 e. The third kappa shape index (κ3) is 2.35. The molecule has 2 rings (SSSR count). The van der Waals surface area contributed by atoms with Crippen LogP contribution >= 0.6 is 11.6 Å². The summed E-state index contributed by atoms with van der Waals surface area (Å²) in [6.45, 7) is 3.50. The lowest BCUT2D eigenvalue weighted by molar-refractivity contribution is -0.140. The summed E-state index contributed by atoms with van der Waals surface area (Å²) in [5.74, 6) is -2.57. The van der Waals surface area contributed by atoms with E-state index in [0.717, 1.165) is 0 Å². The van der Waals surface area contributed by atoms with E-state index < -0.39 is 23.2 Å². The van der Waals surface area contributed by atoms with Gasteiger partial charge in [-0.3, -0.25) is 9.59 Å². The predicted octanol–water partition coefficient (Wildman–Crippen LogP) is 2.51. The van der Waals surface area contributed by atoms with Crippen molar-refractivity contribution in [3.8, 4) is 6.07 Å². The van der Waals surface area contributed by atoms with E-state index in [0.29, 0.717) is 10.7 Å². The number of benzene rings is 1. The molecule has 20 heavy (non-hydrogen) atoms. The van der Waals surface area contributed by atoms with Crippen molar-refractivity contribution in [1.82, 2.24) is 0 Å². The second-order valence-corrected chi connectivity index (χ2v) is 5.82. The number of amides is 1. The van der Waals surface area contributed by atoms with E-state index in [9.17, 15) is 9.59 Å². The number of carbonyl (C=O) groups is 2. The Balaban J connectivity index is 2.14. The molecule has 1 aromatic carbocycles. The number of hydrogen-bond donors (Lipinski definition) is 2. The molecule has 1 aliphatic carbocycles. The number of nitriles is 1. The minimum atomic E-state index is -0.969. The van der Waals surface area contributed by atoms with Crippen LogP contribution in [0.15, 0.2) is 18.2 Å². The summed E-state index contributed by atoms with van der Waals surface area (Å²) in [6, 6.07) is 6.48. The van der Waals surface area contributed by atoms with Crippen molar-refractivity contribution in [2.75, 3.05) is 5.32 Å². The Hall–Kier alpha value is -2.06. The Morgan fingerprint density at radius 2 is 2.05 bits per heavy atom. The van der Waals surface area contributed by atoms with E-state index in [-0.39, 0.29) is 11.5 Å². The number of nitrogens with zero attached hydrogens (tertiary/aromatic N) is 1. The van der Waals surface area contributed by atoms with Crippen molar-refractivity contribution in [2.24, 2.45) is 17.3 Å². The minimum Gasteiger partial charge on any atom is -0.481 e. The van der Waals surface area contributed by atoms with Gasteiger partial charge in [-0.2, -0.15) is 5.26 Å². The van der Waals surface area contributed by atoms with Gasteiger partial charge in [-0.25, -0.2) is 0 Å². The lowest BCUT2D eigenvalue weighted by Gasteiger charge is -2.07. The van der Waals surface area contributed by atoms with Gasteiger partial charge in [0.15, 0.2) is 0 Å². The fourth-order valence-corrected chi connectivity index (χ4v) is 2.66. The fourth-order valence-electron chi connectivity index (χ4n) is 2.50. The number of carbonyl (C=O) groups excluding carboxylic acids is 1. The molecule has 2 atom stereocenters. The Bertz CT molecular complexity index is 634. The number of halogens is 1. The maximum Gasteiger partial charge on any atom is 0.307 e. The first-order chi connectivity index (χ1) is 9.28. The van der Waals surface area contributed by atoms with Gasteiger partial charge in [-0.05, 0) is 23.6 Å². The molecule has 0 bridgehead atoms. The molecule has 1 amide bonds. The first kappa shape index (κ1) is 14.4. The summed E-state index contributed by atoms with van der Waals surface area (Å²) in [6.07, 6.45) is 0. The third-order valence-electron chi connectivity index (χ3n) is 3.73. The van der Waals surface area contributed by atoms with Crippen LogP contribution in [0.1, 0.15) is 19.4 Å². The lowest BCUT2D eigenvalue weighted by Crippen LogP contribution is -2.17. The van der Waals surface area contributed by atoms with Crippen LogP contribution in [0, 0.1) is 28.6 Å². The van der Waals surface area contributed by atoms with E-state index in [1.54, 1.807) is 19.9 Å². The second-order valence-electron chi connectivity index (χ2n) is 5.41. The van der Waals surface area contributed by atoms with Gasteiger partial charge in [0.1, 0.15) is 6.07 Å². The molecule has 0 aliphatic heterocycles. The first-order valence-electron chi connectivity index (χ1n) is 6.02. The highest BCUT2D eigenvalue weighted by molar-refractivity contribution is 6.31. The van der Waals surface area contributed by atoms with Crippen LogP contribution in [0.2, 0.25) is 5.02 Å². The summed E-state index contributed by atoms with van der Waals surface area (Å²) in [7, 11) is 0. The van der Waals surface area contributed by atoms with E-state index in [1.807, 2.05) is 6.07 Å². The molecule has 6 heteroatoms. The second kappa shape index (κ2) is 4.80. The Morgan fingerprint density at radius 1 is 1.40 bits per heavy atom. The van der Waals surface area contributed by atoms with Crippen molar-refractivity contribution in [2.45, 2.75) is 13.8 Å². The van der Waals surface area contributed by atoms with E-state index in [2.05, 4.69) is 5.32 Å². The zero-order valence-electron chi connectivity index (χ0n) is 11.0. The summed E-state index contributed by atoms with van der Waals surface area (Å²) in [5, 5.41) is 20.9. The van der Waals surface area contributed by atoms with Gasteiger partial charge in [0, 0.05) is 5.69 Å². The molecular formula is C14H13ClN2O3. The molecule has 2 N–H and O–H groups in total. The third-order valence-corrected chi connectivity index (χ3v) is 4.06. The van der Waals surface area contributed by atoms with Gasteiger partial charge in [0.2, 0.25) is 5.91 Å². The highest BCUT2D eigenvalue weighted by Crippen LogP contribution is 2.58. The predicted molar refractivity (Wildman–Crippen MR) is 73.2 cm³/mol. The summed E-state index contributed by atoms with van der Waals surface area (Å²) < 4.78 is 0. The highest BCUT2D eigenvalue weighted by atomic mass is 35.5. The summed E-state index contributed by atoms with van der Waals surface area (Å²) >= 11 is 5.80. The molecule has 0 radical (unpaired) electrons. The number of aliphatic carboxylic acids is 1. The van der Waals surface area contributed by atoms with Crippen LogP contribution in [0.3, 0.4) is 0 Å². The Morgan fingerprint density at radius 3 is 2.55 bits per heavy atom. The normalized spacial score (nSPS) is 22.7. The quantitative estimate of drug-likeness (QED) is 0.895. The molecule has 0 spiro atoms. The molecular weight excluding hydrogens is 280 g/mol. The molecule has 0 heterocycles. The lowest BCUT2D eigenvalue weighted by atomic mass is 10.1. The molecule has 0 aromatic heterocycles. The van der Waals surface area contributed by atoms with Gasteiger partial charge in [0.05, 0.1) is 22.4 Å². The number of rotatable bonds is 3. The molecule has 1 fully saturated rings. The van der Waals surface area contributed by atoms with Gasteiger partial charge >= 0.3 is 5.97 Å². The SMILES string of the molecule is CC1(C)[C@H](C(=O)O)[C@@H]1C(=O)Nc1ccc(Cl)c(C#N)c1. The summed E-state index contributed by atoms with van der Waals surface area (Å²) in [4.78, 5) is 23.1. The van der Waals surface area contributed by atoms with E-state index in [4.69, 9.17) is 22.0 Å². The average Bonchev–Trinajstić information content (AvgIpc) is 2.95. The van der Waals surface area contributed by atoms with Crippen molar-refractivity contribution in [3.05, 3.63) is 28.8 Å². The number of nitrogens with one attached hydrogen (secondary N) is 1. The molecule has 5 nitrogen and oxygen atoms in total. The topological polar surface area (TPSA) is 90.2 Å². The fraction of sp³-hybridized carbons (Fsp3) is 0.357. The molecule has 1 saturated carbocycles. The first-order valence-corrected chi connectivity index (χ1v) is 6.40. The number of hydrogen-bond acceptors (Lipinski definition) is 3. The molecule has 1 aromatic rings. The van der Waals surface area contributed by atoms with Crippen molar-refractivity contribution in [3.63, 3.8) is 0 Å². The highest BCUT2D eigenvalue weighted by Gasteiger charge is 2.65. The number of anilines is 1. The number of carboxylic acid groups (broad SMARTS) is 1. The Labute approximate surface area is 121 Å². The van der Waals surface area contributed by atoms with E-state index >= 15 is 0 Å². The minimum absolute atomic E-state index is 0.259. The summed E-state index contributed by atoms with van der Waals surface area (Å²) in [5.41, 5.74) is 0.137. The van der Waals surface area contributed by atoms with Crippen LogP contribution < -0.4 is 5.32 Å². The largest absolute Gasteiger partial charge is 0.481 e. The number of carboxylic acids is 1.